The lowest BCUT2D eigenvalue weighted by molar-refractivity contribution is 0.394. The molecular weight excluding hydrogens is 232 g/mol. The number of nitrogens with one attached hydrogen (secondary N) is 1. The lowest BCUT2D eigenvalue weighted by Gasteiger charge is -2.37. The quantitative estimate of drug-likeness (QED) is 0.893. The Balaban J connectivity index is 2.17. The van der Waals surface area contributed by atoms with Crippen molar-refractivity contribution in [2.75, 3.05) is 18.0 Å². The van der Waals surface area contributed by atoms with Gasteiger partial charge in [-0.15, -0.1) is 0 Å². The molecule has 1 heterocycles. The highest BCUT2D eigenvalue weighted by atomic mass is 15.2. The van der Waals surface area contributed by atoms with E-state index in [2.05, 4.69) is 57.0 Å². The monoisotopic (exact) mass is 260 g/mol. The molecule has 1 aliphatic heterocycles. The molecule has 0 amide bonds. The van der Waals surface area contributed by atoms with Gasteiger partial charge < -0.3 is 10.2 Å². The molecule has 0 saturated carbocycles. The molecule has 1 unspecified atom stereocenters. The third-order valence-corrected chi connectivity index (χ3v) is 3.94. The topological polar surface area (TPSA) is 15.3 Å². The molecule has 1 atom stereocenters. The molecule has 0 bridgehead atoms. The predicted molar refractivity (Wildman–Crippen MR) is 84.2 cm³/mol. The van der Waals surface area contributed by atoms with Crippen LogP contribution in [0.1, 0.15) is 43.4 Å². The molecule has 1 N–H and O–H groups in total. The zero-order valence-corrected chi connectivity index (χ0v) is 13.1. The number of anilines is 1. The van der Waals surface area contributed by atoms with Gasteiger partial charge in [-0.25, -0.2) is 0 Å². The maximum absolute atomic E-state index is 3.69. The summed E-state index contributed by atoms with van der Waals surface area (Å²) in [5, 5.41) is 3.69. The summed E-state index contributed by atoms with van der Waals surface area (Å²) in [5.41, 5.74) is 5.67. The lowest BCUT2D eigenvalue weighted by Crippen LogP contribution is -2.48. The van der Waals surface area contributed by atoms with E-state index in [1.54, 1.807) is 0 Å². The number of nitrogens with zero attached hydrogens (tertiary/aromatic N) is 1. The zero-order chi connectivity index (χ0) is 14.0. The Labute approximate surface area is 118 Å². The second-order valence-electron chi connectivity index (χ2n) is 6.35. The number of hydrogen-bond donors (Lipinski definition) is 1. The van der Waals surface area contributed by atoms with Gasteiger partial charge in [-0.05, 0) is 44.7 Å². The molecule has 1 aromatic rings. The van der Waals surface area contributed by atoms with E-state index in [-0.39, 0.29) is 0 Å². The summed E-state index contributed by atoms with van der Waals surface area (Å²) in [5.74, 6) is 0. The van der Waals surface area contributed by atoms with Crippen LogP contribution < -0.4 is 10.2 Å². The second kappa shape index (κ2) is 5.96. The first-order valence-electron chi connectivity index (χ1n) is 7.56. The molecule has 0 radical (unpaired) electrons. The Hall–Kier alpha value is -1.02. The normalized spacial score (nSPS) is 20.1. The number of piperidine rings is 1. The maximum Gasteiger partial charge on any atom is 0.0426 e. The number of rotatable bonds is 3. The van der Waals surface area contributed by atoms with Crippen LogP contribution in [-0.4, -0.2) is 25.2 Å². The van der Waals surface area contributed by atoms with Crippen LogP contribution in [0.3, 0.4) is 0 Å². The van der Waals surface area contributed by atoms with Crippen molar-refractivity contribution in [1.29, 1.82) is 0 Å². The molecule has 0 spiro atoms. The Bertz CT molecular complexity index is 414. The summed E-state index contributed by atoms with van der Waals surface area (Å²) in [4.78, 5) is 2.58. The van der Waals surface area contributed by atoms with Crippen molar-refractivity contribution in [2.24, 2.45) is 0 Å². The molecule has 0 aromatic heterocycles. The van der Waals surface area contributed by atoms with Crippen LogP contribution in [0.4, 0.5) is 5.69 Å². The van der Waals surface area contributed by atoms with Gasteiger partial charge in [0, 0.05) is 30.9 Å². The summed E-state index contributed by atoms with van der Waals surface area (Å²) < 4.78 is 0. The average molecular weight is 260 g/mol. The van der Waals surface area contributed by atoms with E-state index in [1.165, 1.54) is 41.8 Å². The van der Waals surface area contributed by atoms with Crippen molar-refractivity contribution in [3.63, 3.8) is 0 Å². The molecule has 1 saturated heterocycles. The highest BCUT2D eigenvalue weighted by Crippen LogP contribution is 2.28. The van der Waals surface area contributed by atoms with E-state index in [4.69, 9.17) is 0 Å². The molecule has 1 aromatic carbocycles. The van der Waals surface area contributed by atoms with Gasteiger partial charge in [0.05, 0.1) is 0 Å². The lowest BCUT2D eigenvalue weighted by atomic mass is 9.99. The van der Waals surface area contributed by atoms with Crippen molar-refractivity contribution >= 4 is 5.69 Å². The molecule has 2 nitrogen and oxygen atoms in total. The molecule has 1 fully saturated rings. The predicted octanol–water partition coefficient (Wildman–Crippen LogP) is 3.58. The SMILES string of the molecule is Cc1cc(C)c(N2CCCC(NC(C)C)C2)c(C)c1. The molecule has 2 heteroatoms. The Morgan fingerprint density at radius 2 is 1.79 bits per heavy atom. The first-order chi connectivity index (χ1) is 8.97. The van der Waals surface area contributed by atoms with Crippen molar-refractivity contribution in [3.05, 3.63) is 28.8 Å². The summed E-state index contributed by atoms with van der Waals surface area (Å²) in [7, 11) is 0. The van der Waals surface area contributed by atoms with E-state index < -0.39 is 0 Å². The Kier molecular flexibility index (Phi) is 4.51. The fraction of sp³-hybridized carbons (Fsp3) is 0.647. The number of hydrogen-bond acceptors (Lipinski definition) is 2. The van der Waals surface area contributed by atoms with Crippen LogP contribution in [0, 0.1) is 20.8 Å². The fourth-order valence-electron chi connectivity index (χ4n) is 3.46. The van der Waals surface area contributed by atoms with Crippen LogP contribution in [0.2, 0.25) is 0 Å². The van der Waals surface area contributed by atoms with Crippen LogP contribution in [-0.2, 0) is 0 Å². The van der Waals surface area contributed by atoms with E-state index in [9.17, 15) is 0 Å². The van der Waals surface area contributed by atoms with Crippen molar-refractivity contribution in [3.8, 4) is 0 Å². The maximum atomic E-state index is 3.69. The minimum Gasteiger partial charge on any atom is -0.370 e. The molecular formula is C17H28N2. The first kappa shape index (κ1) is 14.4. The summed E-state index contributed by atoms with van der Waals surface area (Å²) >= 11 is 0. The minimum absolute atomic E-state index is 0.574. The van der Waals surface area contributed by atoms with Crippen molar-refractivity contribution < 1.29 is 0 Å². The summed E-state index contributed by atoms with van der Waals surface area (Å²) in [6, 6.07) is 5.82. The number of aryl methyl sites for hydroxylation is 3. The van der Waals surface area contributed by atoms with Gasteiger partial charge in [0.25, 0.3) is 0 Å². The largest absolute Gasteiger partial charge is 0.370 e. The van der Waals surface area contributed by atoms with Crippen LogP contribution in [0.5, 0.6) is 0 Å². The van der Waals surface area contributed by atoms with E-state index in [1.807, 2.05) is 0 Å². The van der Waals surface area contributed by atoms with Gasteiger partial charge in [0.2, 0.25) is 0 Å². The van der Waals surface area contributed by atoms with Gasteiger partial charge in [0.1, 0.15) is 0 Å². The second-order valence-corrected chi connectivity index (χ2v) is 6.35. The molecule has 0 aliphatic carbocycles. The first-order valence-corrected chi connectivity index (χ1v) is 7.56. The third-order valence-electron chi connectivity index (χ3n) is 3.94. The average Bonchev–Trinajstić information content (AvgIpc) is 2.26. The van der Waals surface area contributed by atoms with E-state index >= 15 is 0 Å². The molecule has 2 rings (SSSR count). The van der Waals surface area contributed by atoms with Crippen LogP contribution >= 0.6 is 0 Å². The molecule has 19 heavy (non-hydrogen) atoms. The van der Waals surface area contributed by atoms with Crippen LogP contribution in [0.25, 0.3) is 0 Å². The van der Waals surface area contributed by atoms with E-state index in [0.29, 0.717) is 12.1 Å². The van der Waals surface area contributed by atoms with E-state index in [0.717, 1.165) is 6.54 Å². The summed E-state index contributed by atoms with van der Waals surface area (Å²) in [6.07, 6.45) is 2.59. The number of benzene rings is 1. The minimum atomic E-state index is 0.574. The standard InChI is InChI=1S/C17H28N2/c1-12(2)18-16-7-6-8-19(11-16)17-14(4)9-13(3)10-15(17)5/h9-10,12,16,18H,6-8,11H2,1-5H3. The van der Waals surface area contributed by atoms with Gasteiger partial charge in [0.15, 0.2) is 0 Å². The highest BCUT2D eigenvalue weighted by Gasteiger charge is 2.22. The van der Waals surface area contributed by atoms with Gasteiger partial charge in [-0.2, -0.15) is 0 Å². The smallest absolute Gasteiger partial charge is 0.0426 e. The molecule has 1 aliphatic rings. The van der Waals surface area contributed by atoms with Crippen LogP contribution in [0.15, 0.2) is 12.1 Å². The summed E-state index contributed by atoms with van der Waals surface area (Å²) in [6.45, 7) is 13.5. The van der Waals surface area contributed by atoms with Crippen molar-refractivity contribution in [1.82, 2.24) is 5.32 Å². The Morgan fingerprint density at radius 1 is 1.16 bits per heavy atom. The third kappa shape index (κ3) is 3.50. The van der Waals surface area contributed by atoms with Gasteiger partial charge >= 0.3 is 0 Å². The fourth-order valence-corrected chi connectivity index (χ4v) is 3.46. The molecule has 106 valence electrons. The Morgan fingerprint density at radius 3 is 2.37 bits per heavy atom. The van der Waals surface area contributed by atoms with Crippen molar-refractivity contribution in [2.45, 2.75) is 59.5 Å². The van der Waals surface area contributed by atoms with Gasteiger partial charge in [-0.1, -0.05) is 31.5 Å². The van der Waals surface area contributed by atoms with Gasteiger partial charge in [-0.3, -0.25) is 0 Å². The zero-order valence-electron chi connectivity index (χ0n) is 13.1. The highest BCUT2D eigenvalue weighted by molar-refractivity contribution is 5.60.